The van der Waals surface area contributed by atoms with Crippen LogP contribution in [-0.2, 0) is 19.1 Å². The first-order chi connectivity index (χ1) is 17.3. The highest BCUT2D eigenvalue weighted by molar-refractivity contribution is 5.82. The fraction of sp³-hybridized carbons (Fsp3) is 0.429. The highest BCUT2D eigenvalue weighted by atomic mass is 16.5. The second-order valence-corrected chi connectivity index (χ2v) is 8.81. The number of carbonyl (C=O) groups excluding carboxylic acids is 2. The molecular weight excluding hydrogens is 458 g/mol. The Morgan fingerprint density at radius 1 is 1.08 bits per heavy atom. The monoisotopic (exact) mass is 493 g/mol. The molecule has 8 heteroatoms. The molecular formula is C28H35N3O5. The van der Waals surface area contributed by atoms with Crippen LogP contribution in [0.1, 0.15) is 56.1 Å². The average molecular weight is 494 g/mol. The van der Waals surface area contributed by atoms with E-state index in [-0.39, 0.29) is 30.9 Å². The minimum atomic E-state index is -0.532. The van der Waals surface area contributed by atoms with Gasteiger partial charge in [0.15, 0.2) is 0 Å². The molecule has 0 aliphatic carbocycles. The molecule has 0 saturated carbocycles. The second kappa shape index (κ2) is 12.4. The normalized spacial score (nSPS) is 11.9. The lowest BCUT2D eigenvalue weighted by molar-refractivity contribution is -0.146. The molecule has 3 rings (SSSR count). The highest BCUT2D eigenvalue weighted by Crippen LogP contribution is 2.25. The first kappa shape index (κ1) is 27.1. The van der Waals surface area contributed by atoms with Crippen LogP contribution in [0, 0.1) is 13.8 Å². The van der Waals surface area contributed by atoms with Gasteiger partial charge in [0, 0.05) is 26.7 Å². The van der Waals surface area contributed by atoms with E-state index in [2.05, 4.69) is 0 Å². The average Bonchev–Trinajstić information content (AvgIpc) is 2.87. The smallest absolute Gasteiger partial charge is 0.306 e. The molecule has 0 spiro atoms. The van der Waals surface area contributed by atoms with E-state index in [1.807, 2.05) is 51.1 Å². The van der Waals surface area contributed by atoms with E-state index in [9.17, 15) is 14.4 Å². The summed E-state index contributed by atoms with van der Waals surface area (Å²) in [5.41, 5.74) is 3.24. The maximum absolute atomic E-state index is 13.7. The Morgan fingerprint density at radius 2 is 1.83 bits per heavy atom. The van der Waals surface area contributed by atoms with Gasteiger partial charge >= 0.3 is 5.97 Å². The minimum Gasteiger partial charge on any atom is -0.466 e. The second-order valence-electron chi connectivity index (χ2n) is 8.81. The van der Waals surface area contributed by atoms with E-state index in [0.29, 0.717) is 42.0 Å². The SMILES string of the molecule is CCOC(=O)CCC(=O)N(CCCOC)C(C)c1nc2ccccc2c(=O)n1-c1ccc(C)c(C)c1. The van der Waals surface area contributed by atoms with Gasteiger partial charge in [0.05, 0.1) is 35.7 Å². The van der Waals surface area contributed by atoms with Crippen molar-refractivity contribution in [3.8, 4) is 5.69 Å². The van der Waals surface area contributed by atoms with Crippen molar-refractivity contribution >= 4 is 22.8 Å². The molecule has 1 atom stereocenters. The Morgan fingerprint density at radius 3 is 2.53 bits per heavy atom. The number of carbonyl (C=O) groups is 2. The number of para-hydroxylation sites is 1. The highest BCUT2D eigenvalue weighted by Gasteiger charge is 2.27. The third kappa shape index (κ3) is 6.18. The van der Waals surface area contributed by atoms with Gasteiger partial charge in [0.1, 0.15) is 5.82 Å². The number of amides is 1. The number of aryl methyl sites for hydroxylation is 2. The van der Waals surface area contributed by atoms with Crippen LogP contribution >= 0.6 is 0 Å². The molecule has 0 saturated heterocycles. The molecule has 3 aromatic rings. The molecule has 1 amide bonds. The molecule has 0 N–H and O–H groups in total. The van der Waals surface area contributed by atoms with Crippen LogP contribution < -0.4 is 5.56 Å². The predicted octanol–water partition coefficient (Wildman–Crippen LogP) is 4.27. The first-order valence-electron chi connectivity index (χ1n) is 12.3. The lowest BCUT2D eigenvalue weighted by Crippen LogP contribution is -2.38. The topological polar surface area (TPSA) is 90.7 Å². The van der Waals surface area contributed by atoms with E-state index in [1.54, 1.807) is 35.6 Å². The zero-order valence-corrected chi connectivity index (χ0v) is 21.7. The van der Waals surface area contributed by atoms with Gasteiger partial charge in [-0.25, -0.2) is 4.98 Å². The molecule has 36 heavy (non-hydrogen) atoms. The third-order valence-corrected chi connectivity index (χ3v) is 6.31. The predicted molar refractivity (Wildman–Crippen MR) is 139 cm³/mol. The van der Waals surface area contributed by atoms with Crippen molar-refractivity contribution in [2.45, 2.75) is 53.0 Å². The molecule has 1 heterocycles. The zero-order chi connectivity index (χ0) is 26.2. The van der Waals surface area contributed by atoms with Crippen molar-refractivity contribution in [3.05, 3.63) is 69.8 Å². The largest absolute Gasteiger partial charge is 0.466 e. The number of nitrogens with zero attached hydrogens (tertiary/aromatic N) is 3. The summed E-state index contributed by atoms with van der Waals surface area (Å²) < 4.78 is 11.8. The summed E-state index contributed by atoms with van der Waals surface area (Å²) in [5.74, 6) is -0.157. The lowest BCUT2D eigenvalue weighted by Gasteiger charge is -2.31. The number of rotatable bonds is 11. The van der Waals surface area contributed by atoms with E-state index in [0.717, 1.165) is 11.1 Å². The van der Waals surface area contributed by atoms with Crippen LogP contribution in [0.5, 0.6) is 0 Å². The summed E-state index contributed by atoms with van der Waals surface area (Å²) in [6.07, 6.45) is 0.611. The van der Waals surface area contributed by atoms with Crippen LogP contribution in [0.25, 0.3) is 16.6 Å². The van der Waals surface area contributed by atoms with E-state index >= 15 is 0 Å². The summed E-state index contributed by atoms with van der Waals surface area (Å²) in [6, 6.07) is 12.5. The van der Waals surface area contributed by atoms with Crippen LogP contribution in [-0.4, -0.2) is 53.2 Å². The molecule has 192 valence electrons. The maximum Gasteiger partial charge on any atom is 0.306 e. The molecule has 0 bridgehead atoms. The van der Waals surface area contributed by atoms with Gasteiger partial charge in [-0.3, -0.25) is 19.0 Å². The standard InChI is InChI=1S/C28H35N3O5/c1-6-36-26(33)15-14-25(32)30(16-9-17-35-5)21(4)27-29-24-11-8-7-10-23(24)28(34)31(27)22-13-12-19(2)20(3)18-22/h7-8,10-13,18,21H,6,9,14-17H2,1-5H3. The third-order valence-electron chi connectivity index (χ3n) is 6.31. The molecule has 0 aliphatic heterocycles. The number of fused-ring (bicyclic) bond motifs is 1. The van der Waals surface area contributed by atoms with Gasteiger partial charge < -0.3 is 14.4 Å². The lowest BCUT2D eigenvalue weighted by atomic mass is 10.1. The van der Waals surface area contributed by atoms with E-state index < -0.39 is 12.0 Å². The molecule has 2 aromatic carbocycles. The molecule has 0 fully saturated rings. The van der Waals surface area contributed by atoms with Crippen LogP contribution in [0.3, 0.4) is 0 Å². The van der Waals surface area contributed by atoms with Crippen LogP contribution in [0.15, 0.2) is 47.3 Å². The first-order valence-corrected chi connectivity index (χ1v) is 12.3. The van der Waals surface area contributed by atoms with Crippen LogP contribution in [0.2, 0.25) is 0 Å². The Balaban J connectivity index is 2.10. The number of hydrogen-bond acceptors (Lipinski definition) is 6. The van der Waals surface area contributed by atoms with Gasteiger partial charge in [-0.2, -0.15) is 0 Å². The molecule has 0 aliphatic rings. The summed E-state index contributed by atoms with van der Waals surface area (Å²) in [6.45, 7) is 8.75. The zero-order valence-electron chi connectivity index (χ0n) is 21.7. The van der Waals surface area contributed by atoms with Crippen molar-refractivity contribution in [1.82, 2.24) is 14.5 Å². The molecule has 1 unspecified atom stereocenters. The summed E-state index contributed by atoms with van der Waals surface area (Å²) in [5, 5.41) is 0.506. The Labute approximate surface area is 211 Å². The number of esters is 1. The van der Waals surface area contributed by atoms with Crippen molar-refractivity contribution in [1.29, 1.82) is 0 Å². The van der Waals surface area contributed by atoms with Crippen molar-refractivity contribution in [3.63, 3.8) is 0 Å². The Bertz CT molecular complexity index is 1280. The van der Waals surface area contributed by atoms with E-state index in [4.69, 9.17) is 14.5 Å². The maximum atomic E-state index is 13.7. The quantitative estimate of drug-likeness (QED) is 0.293. The molecule has 8 nitrogen and oxygen atoms in total. The number of benzene rings is 2. The Kier molecular flexibility index (Phi) is 9.36. The number of methoxy groups -OCH3 is 1. The van der Waals surface area contributed by atoms with Gasteiger partial charge in [-0.15, -0.1) is 0 Å². The minimum absolute atomic E-state index is 0.00468. The van der Waals surface area contributed by atoms with Gasteiger partial charge in [-0.1, -0.05) is 18.2 Å². The van der Waals surface area contributed by atoms with Crippen molar-refractivity contribution < 1.29 is 19.1 Å². The van der Waals surface area contributed by atoms with Gasteiger partial charge in [-0.05, 0) is 69.5 Å². The van der Waals surface area contributed by atoms with Crippen molar-refractivity contribution in [2.75, 3.05) is 26.9 Å². The Hall–Kier alpha value is -3.52. The molecule has 0 radical (unpaired) electrons. The van der Waals surface area contributed by atoms with Gasteiger partial charge in [0.25, 0.3) is 5.56 Å². The molecule has 1 aromatic heterocycles. The van der Waals surface area contributed by atoms with Gasteiger partial charge in [0.2, 0.25) is 5.91 Å². The fourth-order valence-electron chi connectivity index (χ4n) is 4.18. The fourth-order valence-corrected chi connectivity index (χ4v) is 4.18. The van der Waals surface area contributed by atoms with Crippen molar-refractivity contribution in [2.24, 2.45) is 0 Å². The summed E-state index contributed by atoms with van der Waals surface area (Å²) >= 11 is 0. The van der Waals surface area contributed by atoms with E-state index in [1.165, 1.54) is 0 Å². The number of hydrogen-bond donors (Lipinski definition) is 0. The summed E-state index contributed by atoms with van der Waals surface area (Å²) in [4.78, 5) is 45.5. The summed E-state index contributed by atoms with van der Waals surface area (Å²) in [7, 11) is 1.61. The van der Waals surface area contributed by atoms with Crippen LogP contribution in [0.4, 0.5) is 0 Å². The number of ether oxygens (including phenoxy) is 2. The number of aromatic nitrogens is 2.